The summed E-state index contributed by atoms with van der Waals surface area (Å²) < 4.78 is 15.7. The molecule has 0 saturated heterocycles. The third-order valence-corrected chi connectivity index (χ3v) is 2.49. The second-order valence-corrected chi connectivity index (χ2v) is 3.54. The van der Waals surface area contributed by atoms with Gasteiger partial charge in [0.25, 0.3) is 5.43 Å². The zero-order valence-electron chi connectivity index (χ0n) is 8.94. The Morgan fingerprint density at radius 3 is 3.00 bits per heavy atom. The van der Waals surface area contributed by atoms with Crippen molar-refractivity contribution in [3.05, 3.63) is 22.1 Å². The molecule has 0 aliphatic carbocycles. The van der Waals surface area contributed by atoms with E-state index < -0.39 is 11.2 Å². The summed E-state index contributed by atoms with van der Waals surface area (Å²) in [7, 11) is 0. The molecule has 0 radical (unpaired) electrons. The highest BCUT2D eigenvalue weighted by Gasteiger charge is 2.26. The lowest BCUT2D eigenvalue weighted by molar-refractivity contribution is 0.170. The maximum absolute atomic E-state index is 11.8. The van der Waals surface area contributed by atoms with E-state index in [1.54, 1.807) is 13.0 Å². The van der Waals surface area contributed by atoms with Crippen LogP contribution < -0.4 is 14.9 Å². The minimum atomic E-state index is -0.541. The average Bonchev–Trinajstić information content (AvgIpc) is 2.87. The maximum atomic E-state index is 11.8. The number of aromatic hydroxyl groups is 1. The van der Waals surface area contributed by atoms with Crippen molar-refractivity contribution in [3.63, 3.8) is 0 Å². The Morgan fingerprint density at radius 2 is 2.24 bits per heavy atom. The van der Waals surface area contributed by atoms with Gasteiger partial charge >= 0.3 is 0 Å². The molecule has 0 amide bonds. The highest BCUT2D eigenvalue weighted by Crippen LogP contribution is 2.39. The van der Waals surface area contributed by atoms with Gasteiger partial charge in [-0.25, -0.2) is 0 Å². The first kappa shape index (κ1) is 9.83. The summed E-state index contributed by atoms with van der Waals surface area (Å²) in [6.45, 7) is 1.84. The van der Waals surface area contributed by atoms with Crippen molar-refractivity contribution in [3.8, 4) is 17.4 Å². The minimum Gasteiger partial charge on any atom is -0.501 e. The van der Waals surface area contributed by atoms with Gasteiger partial charge < -0.3 is 24.0 Å². The number of H-pyrrole nitrogens is 1. The molecule has 6 nitrogen and oxygen atoms in total. The first-order valence-electron chi connectivity index (χ1n) is 5.02. The molecule has 2 N–H and O–H groups in total. The van der Waals surface area contributed by atoms with Crippen LogP contribution in [-0.2, 0) is 0 Å². The van der Waals surface area contributed by atoms with E-state index in [0.717, 1.165) is 0 Å². The molecular weight excluding hydrogens is 226 g/mol. The Morgan fingerprint density at radius 1 is 1.41 bits per heavy atom. The SMILES string of the molecule is C/C=C/c1oc2c3c([nH]c2c(=O)c1O)OCO3. The van der Waals surface area contributed by atoms with Gasteiger partial charge in [0, 0.05) is 0 Å². The monoisotopic (exact) mass is 235 g/mol. The van der Waals surface area contributed by atoms with Gasteiger partial charge in [0.15, 0.2) is 5.76 Å². The zero-order valence-corrected chi connectivity index (χ0v) is 8.94. The number of aromatic nitrogens is 1. The van der Waals surface area contributed by atoms with Crippen LogP contribution in [0.2, 0.25) is 0 Å². The number of rotatable bonds is 1. The standard InChI is InChI=1S/C11H9NO5/c1-2-3-5-7(13)8(14)6-9(17-5)10-11(12-6)16-4-15-10/h2-3,12-13H,4H2,1H3/b3-2+. The molecule has 0 fully saturated rings. The van der Waals surface area contributed by atoms with Crippen LogP contribution in [0.25, 0.3) is 17.2 Å². The third-order valence-electron chi connectivity index (χ3n) is 2.49. The van der Waals surface area contributed by atoms with Gasteiger partial charge in [-0.3, -0.25) is 4.79 Å². The number of fused-ring (bicyclic) bond motifs is 3. The Bertz CT molecular complexity index is 679. The molecule has 17 heavy (non-hydrogen) atoms. The zero-order chi connectivity index (χ0) is 12.0. The van der Waals surface area contributed by atoms with E-state index in [9.17, 15) is 9.90 Å². The van der Waals surface area contributed by atoms with Crippen molar-refractivity contribution in [2.75, 3.05) is 6.79 Å². The lowest BCUT2D eigenvalue weighted by Gasteiger charge is -1.99. The van der Waals surface area contributed by atoms with Gasteiger partial charge in [-0.15, -0.1) is 0 Å². The van der Waals surface area contributed by atoms with Crippen LogP contribution in [0, 0.1) is 0 Å². The molecule has 0 bridgehead atoms. The maximum Gasteiger partial charge on any atom is 0.251 e. The van der Waals surface area contributed by atoms with E-state index in [2.05, 4.69) is 4.98 Å². The van der Waals surface area contributed by atoms with Gasteiger partial charge in [-0.2, -0.15) is 0 Å². The summed E-state index contributed by atoms with van der Waals surface area (Å²) in [5.41, 5.74) is -0.144. The second kappa shape index (κ2) is 3.31. The van der Waals surface area contributed by atoms with Crippen molar-refractivity contribution >= 4 is 17.2 Å². The lowest BCUT2D eigenvalue weighted by Crippen LogP contribution is -2.04. The van der Waals surface area contributed by atoms with Crippen LogP contribution in [0.3, 0.4) is 0 Å². The number of aromatic amines is 1. The number of nitrogens with one attached hydrogen (secondary N) is 1. The van der Waals surface area contributed by atoms with Crippen LogP contribution >= 0.6 is 0 Å². The molecule has 0 aromatic carbocycles. The number of hydrogen-bond donors (Lipinski definition) is 2. The molecule has 6 heteroatoms. The summed E-state index contributed by atoms with van der Waals surface area (Å²) >= 11 is 0. The Labute approximate surface area is 95.1 Å². The van der Waals surface area contributed by atoms with Gasteiger partial charge in [-0.1, -0.05) is 6.08 Å². The molecule has 88 valence electrons. The molecule has 1 aliphatic heterocycles. The number of hydrogen-bond acceptors (Lipinski definition) is 5. The highest BCUT2D eigenvalue weighted by molar-refractivity contribution is 5.85. The predicted octanol–water partition coefficient (Wildman–Crippen LogP) is 1.59. The van der Waals surface area contributed by atoms with Gasteiger partial charge in [0.1, 0.15) is 5.52 Å². The fourth-order valence-corrected chi connectivity index (χ4v) is 1.73. The molecule has 1 aliphatic rings. The van der Waals surface area contributed by atoms with E-state index in [4.69, 9.17) is 13.9 Å². The average molecular weight is 235 g/mol. The summed E-state index contributed by atoms with van der Waals surface area (Å²) in [5, 5.41) is 9.66. The molecule has 2 aromatic rings. The summed E-state index contributed by atoms with van der Waals surface area (Å²) in [4.78, 5) is 14.6. The minimum absolute atomic E-state index is 0.0840. The fourth-order valence-electron chi connectivity index (χ4n) is 1.73. The molecule has 3 rings (SSSR count). The Balaban J connectivity index is 2.41. The molecule has 2 aromatic heterocycles. The van der Waals surface area contributed by atoms with Gasteiger partial charge in [-0.05, 0) is 13.0 Å². The molecule has 3 heterocycles. The molecule has 0 atom stereocenters. The third kappa shape index (κ3) is 1.24. The first-order valence-corrected chi connectivity index (χ1v) is 5.02. The number of ether oxygens (including phenoxy) is 2. The molecule has 0 saturated carbocycles. The van der Waals surface area contributed by atoms with E-state index >= 15 is 0 Å². The van der Waals surface area contributed by atoms with Gasteiger partial charge in [0.05, 0.1) is 0 Å². The van der Waals surface area contributed by atoms with Crippen LogP contribution in [0.15, 0.2) is 15.3 Å². The van der Waals surface area contributed by atoms with Crippen molar-refractivity contribution in [2.45, 2.75) is 6.92 Å². The fraction of sp³-hybridized carbons (Fsp3) is 0.182. The predicted molar refractivity (Wildman–Crippen MR) is 59.3 cm³/mol. The normalized spacial score (nSPS) is 13.9. The summed E-state index contributed by atoms with van der Waals surface area (Å²) in [5.74, 6) is 0.374. The van der Waals surface area contributed by atoms with E-state index in [-0.39, 0.29) is 23.7 Å². The van der Waals surface area contributed by atoms with E-state index in [1.165, 1.54) is 6.08 Å². The molecule has 0 spiro atoms. The summed E-state index contributed by atoms with van der Waals surface area (Å²) in [6.07, 6.45) is 3.17. The molecular formula is C11H9NO5. The van der Waals surface area contributed by atoms with Crippen LogP contribution in [0.4, 0.5) is 0 Å². The van der Waals surface area contributed by atoms with E-state index in [0.29, 0.717) is 11.6 Å². The summed E-state index contributed by atoms with van der Waals surface area (Å²) in [6, 6.07) is 0. The van der Waals surface area contributed by atoms with Crippen molar-refractivity contribution < 1.29 is 19.0 Å². The van der Waals surface area contributed by atoms with Crippen molar-refractivity contribution in [2.24, 2.45) is 0 Å². The largest absolute Gasteiger partial charge is 0.501 e. The molecule has 0 unspecified atom stereocenters. The Kier molecular flexibility index (Phi) is 1.91. The van der Waals surface area contributed by atoms with Crippen LogP contribution in [-0.4, -0.2) is 16.9 Å². The topological polar surface area (TPSA) is 84.7 Å². The second-order valence-electron chi connectivity index (χ2n) is 3.54. The van der Waals surface area contributed by atoms with E-state index in [1.807, 2.05) is 0 Å². The van der Waals surface area contributed by atoms with Gasteiger partial charge in [0.2, 0.25) is 29.8 Å². The van der Waals surface area contributed by atoms with Crippen molar-refractivity contribution in [1.29, 1.82) is 0 Å². The smallest absolute Gasteiger partial charge is 0.251 e. The number of allylic oxidation sites excluding steroid dienone is 1. The first-order chi connectivity index (χ1) is 8.22. The van der Waals surface area contributed by atoms with Crippen LogP contribution in [0.5, 0.6) is 17.4 Å². The van der Waals surface area contributed by atoms with Crippen molar-refractivity contribution in [1.82, 2.24) is 4.98 Å². The lowest BCUT2D eigenvalue weighted by atomic mass is 10.3. The highest BCUT2D eigenvalue weighted by atomic mass is 16.7. The van der Waals surface area contributed by atoms with Crippen LogP contribution in [0.1, 0.15) is 12.7 Å². The Hall–Kier alpha value is -2.37. The quantitative estimate of drug-likeness (QED) is 0.784.